The number of hydrogen-bond acceptors (Lipinski definition) is 4. The van der Waals surface area contributed by atoms with Gasteiger partial charge in [0, 0.05) is 15.6 Å². The molecule has 0 spiro atoms. The highest BCUT2D eigenvalue weighted by Gasteiger charge is 2.09. The van der Waals surface area contributed by atoms with Crippen molar-refractivity contribution in [2.75, 3.05) is 7.05 Å². The van der Waals surface area contributed by atoms with Crippen molar-refractivity contribution < 1.29 is 4.52 Å². The van der Waals surface area contributed by atoms with Gasteiger partial charge < -0.3 is 9.84 Å². The number of aromatic nitrogens is 2. The van der Waals surface area contributed by atoms with Crippen molar-refractivity contribution >= 4 is 23.2 Å². The highest BCUT2D eigenvalue weighted by Crippen LogP contribution is 2.25. The van der Waals surface area contributed by atoms with Gasteiger partial charge in [-0.2, -0.15) is 4.98 Å². The molecule has 0 aliphatic heterocycles. The van der Waals surface area contributed by atoms with Gasteiger partial charge >= 0.3 is 0 Å². The standard InChI is InChI=1S/C10H9Cl2N3O/c1-13-5-9-14-10(16-15-9)6-2-7(11)4-8(12)3-6/h2-4,13H,5H2,1H3. The van der Waals surface area contributed by atoms with Gasteiger partial charge in [-0.25, -0.2) is 0 Å². The van der Waals surface area contributed by atoms with Gasteiger partial charge in [-0.15, -0.1) is 0 Å². The molecular formula is C10H9Cl2N3O. The van der Waals surface area contributed by atoms with E-state index >= 15 is 0 Å². The minimum atomic E-state index is 0.412. The average Bonchev–Trinajstić information content (AvgIpc) is 2.65. The van der Waals surface area contributed by atoms with Crippen LogP contribution in [0.15, 0.2) is 22.7 Å². The maximum Gasteiger partial charge on any atom is 0.258 e. The average molecular weight is 258 g/mol. The lowest BCUT2D eigenvalue weighted by atomic mass is 10.2. The Morgan fingerprint density at radius 2 is 1.94 bits per heavy atom. The fourth-order valence-corrected chi connectivity index (χ4v) is 1.80. The van der Waals surface area contributed by atoms with Crippen molar-refractivity contribution in [2.45, 2.75) is 6.54 Å². The zero-order chi connectivity index (χ0) is 11.5. The second-order valence-corrected chi connectivity index (χ2v) is 4.08. The Morgan fingerprint density at radius 1 is 1.25 bits per heavy atom. The van der Waals surface area contributed by atoms with E-state index in [4.69, 9.17) is 27.7 Å². The van der Waals surface area contributed by atoms with Crippen molar-refractivity contribution in [2.24, 2.45) is 0 Å². The van der Waals surface area contributed by atoms with Crippen LogP contribution < -0.4 is 5.32 Å². The zero-order valence-corrected chi connectivity index (χ0v) is 10.0. The minimum Gasteiger partial charge on any atom is -0.334 e. The fraction of sp³-hybridized carbons (Fsp3) is 0.200. The molecule has 0 unspecified atom stereocenters. The Hall–Kier alpha value is -1.10. The Kier molecular flexibility index (Phi) is 3.43. The van der Waals surface area contributed by atoms with Crippen LogP contribution in [0.4, 0.5) is 0 Å². The predicted molar refractivity (Wildman–Crippen MR) is 62.5 cm³/mol. The number of nitrogens with one attached hydrogen (secondary N) is 1. The van der Waals surface area contributed by atoms with E-state index in [9.17, 15) is 0 Å². The molecular weight excluding hydrogens is 249 g/mol. The second-order valence-electron chi connectivity index (χ2n) is 3.20. The van der Waals surface area contributed by atoms with Gasteiger partial charge in [0.2, 0.25) is 0 Å². The molecule has 1 aromatic heterocycles. The molecule has 6 heteroatoms. The molecule has 0 aliphatic rings. The van der Waals surface area contributed by atoms with Crippen molar-refractivity contribution in [3.8, 4) is 11.5 Å². The topological polar surface area (TPSA) is 51.0 Å². The van der Waals surface area contributed by atoms with Crippen molar-refractivity contribution in [3.05, 3.63) is 34.1 Å². The van der Waals surface area contributed by atoms with Gasteiger partial charge in [0.1, 0.15) is 0 Å². The second kappa shape index (κ2) is 4.82. The number of halogens is 2. The normalized spacial score (nSPS) is 10.7. The maximum atomic E-state index is 5.88. The van der Waals surface area contributed by atoms with Crippen LogP contribution in [0.3, 0.4) is 0 Å². The van der Waals surface area contributed by atoms with Crippen LogP contribution in [0.1, 0.15) is 5.82 Å². The smallest absolute Gasteiger partial charge is 0.258 e. The van der Waals surface area contributed by atoms with Crippen LogP contribution in [-0.2, 0) is 6.54 Å². The molecule has 2 rings (SSSR count). The summed E-state index contributed by atoms with van der Waals surface area (Å²) in [4.78, 5) is 4.19. The largest absolute Gasteiger partial charge is 0.334 e. The highest BCUT2D eigenvalue weighted by atomic mass is 35.5. The Labute approximate surface area is 103 Å². The summed E-state index contributed by atoms with van der Waals surface area (Å²) in [7, 11) is 1.81. The molecule has 84 valence electrons. The molecule has 0 saturated heterocycles. The third-order valence-electron chi connectivity index (χ3n) is 1.91. The molecule has 16 heavy (non-hydrogen) atoms. The first-order valence-electron chi connectivity index (χ1n) is 4.62. The molecule has 0 radical (unpaired) electrons. The molecule has 0 bridgehead atoms. The lowest BCUT2D eigenvalue weighted by molar-refractivity contribution is 0.420. The number of rotatable bonds is 3. The molecule has 0 amide bonds. The summed E-state index contributed by atoms with van der Waals surface area (Å²) in [6.45, 7) is 0.553. The van der Waals surface area contributed by atoms with Gasteiger partial charge in [-0.1, -0.05) is 28.4 Å². The first-order valence-corrected chi connectivity index (χ1v) is 5.38. The number of nitrogens with zero attached hydrogens (tertiary/aromatic N) is 2. The molecule has 0 atom stereocenters. The van der Waals surface area contributed by atoms with Crippen molar-refractivity contribution in [1.29, 1.82) is 0 Å². The van der Waals surface area contributed by atoms with E-state index in [1.807, 2.05) is 7.05 Å². The lowest BCUT2D eigenvalue weighted by Gasteiger charge is -1.96. The predicted octanol–water partition coefficient (Wildman–Crippen LogP) is 2.76. The minimum absolute atomic E-state index is 0.412. The molecule has 0 aliphatic carbocycles. The quantitative estimate of drug-likeness (QED) is 0.919. The summed E-state index contributed by atoms with van der Waals surface area (Å²) in [5.74, 6) is 1.00. The number of hydrogen-bond donors (Lipinski definition) is 1. The first kappa shape index (κ1) is 11.4. The van der Waals surface area contributed by atoms with Gasteiger partial charge in [0.25, 0.3) is 5.89 Å². The van der Waals surface area contributed by atoms with E-state index in [1.54, 1.807) is 18.2 Å². The van der Waals surface area contributed by atoms with Crippen molar-refractivity contribution in [3.63, 3.8) is 0 Å². The monoisotopic (exact) mass is 257 g/mol. The summed E-state index contributed by atoms with van der Waals surface area (Å²) in [5, 5.41) is 7.82. The van der Waals surface area contributed by atoms with Crippen LogP contribution >= 0.6 is 23.2 Å². The summed E-state index contributed by atoms with van der Waals surface area (Å²) >= 11 is 11.8. The van der Waals surface area contributed by atoms with Gasteiger partial charge in [0.05, 0.1) is 6.54 Å². The summed E-state index contributed by atoms with van der Waals surface area (Å²) < 4.78 is 5.09. The molecule has 1 aromatic carbocycles. The van der Waals surface area contributed by atoms with E-state index in [0.29, 0.717) is 33.9 Å². The van der Waals surface area contributed by atoms with Gasteiger partial charge in [-0.05, 0) is 25.2 Å². The SMILES string of the molecule is CNCc1noc(-c2cc(Cl)cc(Cl)c2)n1. The van der Waals surface area contributed by atoms with Crippen LogP contribution in [0.25, 0.3) is 11.5 Å². The molecule has 4 nitrogen and oxygen atoms in total. The third-order valence-corrected chi connectivity index (χ3v) is 2.35. The van der Waals surface area contributed by atoms with Crippen molar-refractivity contribution in [1.82, 2.24) is 15.5 Å². The van der Waals surface area contributed by atoms with E-state index in [1.165, 1.54) is 0 Å². The van der Waals surface area contributed by atoms with E-state index < -0.39 is 0 Å². The zero-order valence-electron chi connectivity index (χ0n) is 8.50. The molecule has 2 aromatic rings. The van der Waals surface area contributed by atoms with Crippen LogP contribution in [0.2, 0.25) is 10.0 Å². The van der Waals surface area contributed by atoms with Crippen LogP contribution in [0.5, 0.6) is 0 Å². The summed E-state index contributed by atoms with van der Waals surface area (Å²) in [6.07, 6.45) is 0. The molecule has 1 heterocycles. The summed E-state index contributed by atoms with van der Waals surface area (Å²) in [5.41, 5.74) is 0.715. The van der Waals surface area contributed by atoms with Gasteiger partial charge in [-0.3, -0.25) is 0 Å². The van der Waals surface area contributed by atoms with E-state index in [0.717, 1.165) is 0 Å². The Morgan fingerprint density at radius 3 is 2.56 bits per heavy atom. The molecule has 0 fully saturated rings. The Balaban J connectivity index is 2.34. The lowest BCUT2D eigenvalue weighted by Crippen LogP contribution is -2.06. The first-order chi connectivity index (χ1) is 7.69. The highest BCUT2D eigenvalue weighted by molar-refractivity contribution is 6.35. The van der Waals surface area contributed by atoms with Gasteiger partial charge in [0.15, 0.2) is 5.82 Å². The van der Waals surface area contributed by atoms with Crippen LogP contribution in [-0.4, -0.2) is 17.2 Å². The molecule has 0 saturated carbocycles. The summed E-state index contributed by atoms with van der Waals surface area (Å²) in [6, 6.07) is 5.10. The maximum absolute atomic E-state index is 5.88. The molecule has 1 N–H and O–H groups in total. The fourth-order valence-electron chi connectivity index (χ4n) is 1.28. The Bertz CT molecular complexity index is 478. The van der Waals surface area contributed by atoms with E-state index in [2.05, 4.69) is 15.5 Å². The van der Waals surface area contributed by atoms with Crippen LogP contribution in [0, 0.1) is 0 Å². The van der Waals surface area contributed by atoms with E-state index in [-0.39, 0.29) is 0 Å². The number of benzene rings is 1. The third kappa shape index (κ3) is 2.52.